The molecule has 0 heterocycles. The van der Waals surface area contributed by atoms with Gasteiger partial charge in [0.1, 0.15) is 0 Å². The number of hydrogen-bond donors (Lipinski definition) is 2. The first-order valence-corrected chi connectivity index (χ1v) is 9.86. The minimum Gasteiger partial charge on any atom is -0.465 e. The molecule has 0 aromatic heterocycles. The number of anilines is 1. The predicted octanol–water partition coefficient (Wildman–Crippen LogP) is 3.21. The third-order valence-corrected chi connectivity index (χ3v) is 6.56. The van der Waals surface area contributed by atoms with E-state index in [1.54, 1.807) is 0 Å². The van der Waals surface area contributed by atoms with E-state index >= 15 is 0 Å². The second-order valence-corrected chi connectivity index (χ2v) is 8.34. The average molecular weight is 386 g/mol. The second kappa shape index (κ2) is 7.45. The first-order valence-electron chi connectivity index (χ1n) is 9.86. The van der Waals surface area contributed by atoms with Crippen molar-refractivity contribution in [2.45, 2.75) is 38.1 Å². The Labute approximate surface area is 164 Å². The van der Waals surface area contributed by atoms with Crippen LogP contribution in [0.1, 0.15) is 52.8 Å². The molecule has 0 atom stereocenters. The maximum absolute atomic E-state index is 12.7. The Morgan fingerprint density at radius 1 is 0.821 bits per heavy atom. The molecule has 1 aromatic carbocycles. The van der Waals surface area contributed by atoms with Crippen molar-refractivity contribution in [1.82, 2.24) is 5.32 Å². The van der Waals surface area contributed by atoms with E-state index in [1.807, 2.05) is 0 Å². The molecule has 2 N–H and O–H groups in total. The lowest BCUT2D eigenvalue weighted by atomic mass is 9.54. The molecule has 4 aliphatic rings. The quantitative estimate of drug-likeness (QED) is 0.775. The normalized spacial score (nSPS) is 29.9. The van der Waals surface area contributed by atoms with E-state index in [1.165, 1.54) is 64.5 Å². The third-order valence-electron chi connectivity index (χ3n) is 6.56. The predicted molar refractivity (Wildman–Crippen MR) is 102 cm³/mol. The van der Waals surface area contributed by atoms with E-state index in [0.717, 1.165) is 11.8 Å². The number of carbonyl (C=O) groups excluding carboxylic acids is 3. The molecule has 0 radical (unpaired) electrons. The Balaban J connectivity index is 1.48. The van der Waals surface area contributed by atoms with Crippen molar-refractivity contribution in [3.05, 3.63) is 29.3 Å². The van der Waals surface area contributed by atoms with Crippen LogP contribution < -0.4 is 10.6 Å². The van der Waals surface area contributed by atoms with Gasteiger partial charge in [0, 0.05) is 11.7 Å². The molecule has 5 rings (SSSR count). The van der Waals surface area contributed by atoms with Crippen molar-refractivity contribution in [2.24, 2.45) is 23.7 Å². The van der Waals surface area contributed by atoms with Crippen LogP contribution in [0.15, 0.2) is 18.2 Å². The number of urea groups is 1. The molecule has 4 aliphatic carbocycles. The Morgan fingerprint density at radius 2 is 1.32 bits per heavy atom. The van der Waals surface area contributed by atoms with Crippen molar-refractivity contribution in [1.29, 1.82) is 0 Å². The molecule has 0 saturated heterocycles. The van der Waals surface area contributed by atoms with Gasteiger partial charge >= 0.3 is 18.0 Å². The average Bonchev–Trinajstić information content (AvgIpc) is 2.68. The van der Waals surface area contributed by atoms with Crippen molar-refractivity contribution < 1.29 is 23.9 Å². The molecule has 0 unspecified atom stereocenters. The van der Waals surface area contributed by atoms with E-state index in [0.29, 0.717) is 17.5 Å². The fraction of sp³-hybridized carbons (Fsp3) is 0.571. The molecule has 4 saturated carbocycles. The van der Waals surface area contributed by atoms with Crippen LogP contribution in [-0.4, -0.2) is 38.2 Å². The Hall–Kier alpha value is -2.57. The minimum atomic E-state index is -0.588. The molecule has 0 aliphatic heterocycles. The highest BCUT2D eigenvalue weighted by atomic mass is 16.5. The fourth-order valence-electron chi connectivity index (χ4n) is 5.65. The van der Waals surface area contributed by atoms with Gasteiger partial charge in [-0.25, -0.2) is 14.4 Å². The highest BCUT2D eigenvalue weighted by Crippen LogP contribution is 2.53. The van der Waals surface area contributed by atoms with Gasteiger partial charge in [-0.1, -0.05) is 0 Å². The Morgan fingerprint density at radius 3 is 1.79 bits per heavy atom. The van der Waals surface area contributed by atoms with Gasteiger partial charge in [-0.2, -0.15) is 0 Å². The molecule has 4 fully saturated rings. The van der Waals surface area contributed by atoms with E-state index < -0.39 is 11.9 Å². The molecule has 150 valence electrons. The summed E-state index contributed by atoms with van der Waals surface area (Å²) in [6, 6.07) is 4.27. The summed E-state index contributed by atoms with van der Waals surface area (Å²) in [4.78, 5) is 36.4. The van der Waals surface area contributed by atoms with Crippen LogP contribution in [0.3, 0.4) is 0 Å². The van der Waals surface area contributed by atoms with Gasteiger partial charge in [-0.15, -0.1) is 0 Å². The number of hydrogen-bond acceptors (Lipinski definition) is 5. The summed E-state index contributed by atoms with van der Waals surface area (Å²) in [6.45, 7) is 0. The number of benzene rings is 1. The van der Waals surface area contributed by atoms with Crippen LogP contribution in [0.4, 0.5) is 10.5 Å². The zero-order valence-electron chi connectivity index (χ0n) is 16.2. The van der Waals surface area contributed by atoms with Crippen LogP contribution in [0.5, 0.6) is 0 Å². The first kappa shape index (κ1) is 18.8. The molecule has 28 heavy (non-hydrogen) atoms. The lowest BCUT2D eigenvalue weighted by Gasteiger charge is -2.54. The summed E-state index contributed by atoms with van der Waals surface area (Å²) in [7, 11) is 2.53. The molecule has 7 heteroatoms. The standard InChI is InChI=1S/C21H26N2O5/c1-27-19(24)15-8-16(20(25)28-2)10-17(9-15)22-21(26)23-18-13-4-11-3-12(6-13)7-14(18)5-11/h8-14,18H,3-7H2,1-2H3,(H2,22,23,26). The summed E-state index contributed by atoms with van der Waals surface area (Å²) in [5.74, 6) is 1.62. The summed E-state index contributed by atoms with van der Waals surface area (Å²) in [5.41, 5.74) is 0.704. The lowest BCUT2D eigenvalue weighted by Crippen LogP contribution is -2.56. The molecule has 7 nitrogen and oxygen atoms in total. The van der Waals surface area contributed by atoms with E-state index in [2.05, 4.69) is 10.6 Å². The van der Waals surface area contributed by atoms with Crippen LogP contribution in [0, 0.1) is 23.7 Å². The largest absolute Gasteiger partial charge is 0.465 e. The molecule has 4 bridgehead atoms. The van der Waals surface area contributed by atoms with Gasteiger partial charge in [-0.3, -0.25) is 0 Å². The second-order valence-electron chi connectivity index (χ2n) is 8.34. The number of ether oxygens (including phenoxy) is 2. The molecular formula is C21H26N2O5. The van der Waals surface area contributed by atoms with Crippen LogP contribution >= 0.6 is 0 Å². The van der Waals surface area contributed by atoms with Gasteiger partial charge < -0.3 is 20.1 Å². The summed E-state index contributed by atoms with van der Waals surface area (Å²) >= 11 is 0. The number of nitrogens with one attached hydrogen (secondary N) is 2. The highest BCUT2D eigenvalue weighted by molar-refractivity contribution is 5.99. The van der Waals surface area contributed by atoms with Crippen molar-refractivity contribution >= 4 is 23.7 Å². The smallest absolute Gasteiger partial charge is 0.337 e. The van der Waals surface area contributed by atoms with Gasteiger partial charge in [0.25, 0.3) is 0 Å². The van der Waals surface area contributed by atoms with E-state index in [9.17, 15) is 14.4 Å². The Kier molecular flexibility index (Phi) is 5.00. The Bertz CT molecular complexity index is 744. The van der Waals surface area contributed by atoms with Crippen molar-refractivity contribution in [3.8, 4) is 0 Å². The summed E-state index contributed by atoms with van der Waals surface area (Å²) in [5, 5.41) is 5.93. The number of methoxy groups -OCH3 is 2. The first-order chi connectivity index (χ1) is 13.5. The summed E-state index contributed by atoms with van der Waals surface area (Å²) < 4.78 is 9.46. The van der Waals surface area contributed by atoms with Crippen molar-refractivity contribution in [3.63, 3.8) is 0 Å². The van der Waals surface area contributed by atoms with Gasteiger partial charge in [-0.05, 0) is 74.0 Å². The zero-order chi connectivity index (χ0) is 19.8. The minimum absolute atomic E-state index is 0.176. The van der Waals surface area contributed by atoms with Gasteiger partial charge in [0.05, 0.1) is 25.3 Å². The molecular weight excluding hydrogens is 360 g/mol. The molecule has 1 aromatic rings. The molecule has 0 spiro atoms. The highest BCUT2D eigenvalue weighted by Gasteiger charge is 2.48. The topological polar surface area (TPSA) is 93.7 Å². The van der Waals surface area contributed by atoms with Gasteiger partial charge in [0.2, 0.25) is 0 Å². The fourth-order valence-corrected chi connectivity index (χ4v) is 5.65. The number of carbonyl (C=O) groups is 3. The number of esters is 2. The van der Waals surface area contributed by atoms with Gasteiger partial charge in [0.15, 0.2) is 0 Å². The monoisotopic (exact) mass is 386 g/mol. The zero-order valence-corrected chi connectivity index (χ0v) is 16.2. The third kappa shape index (κ3) is 3.57. The molecule has 2 amide bonds. The van der Waals surface area contributed by atoms with Crippen molar-refractivity contribution in [2.75, 3.05) is 19.5 Å². The number of amides is 2. The van der Waals surface area contributed by atoms with E-state index in [4.69, 9.17) is 9.47 Å². The maximum atomic E-state index is 12.7. The summed E-state index contributed by atoms with van der Waals surface area (Å²) in [6.07, 6.45) is 6.21. The van der Waals surface area contributed by atoms with E-state index in [-0.39, 0.29) is 23.2 Å². The number of rotatable bonds is 4. The van der Waals surface area contributed by atoms with Crippen LogP contribution in [0.25, 0.3) is 0 Å². The maximum Gasteiger partial charge on any atom is 0.337 e. The SMILES string of the molecule is COC(=O)c1cc(NC(=O)NC2C3CC4CC(C3)CC2C4)cc(C(=O)OC)c1. The lowest BCUT2D eigenvalue weighted by molar-refractivity contribution is -0.00883. The van der Waals surface area contributed by atoms with Crippen LogP contribution in [0.2, 0.25) is 0 Å². The van der Waals surface area contributed by atoms with Crippen LogP contribution in [-0.2, 0) is 9.47 Å².